The summed E-state index contributed by atoms with van der Waals surface area (Å²) in [4.78, 5) is 13.3. The number of hydrogen-bond donors (Lipinski definition) is 2. The van der Waals surface area contributed by atoms with Crippen molar-refractivity contribution in [2.24, 2.45) is 0 Å². The van der Waals surface area contributed by atoms with Gasteiger partial charge < -0.3 is 5.32 Å². The van der Waals surface area contributed by atoms with Crippen LogP contribution in [0.1, 0.15) is 22.6 Å². The van der Waals surface area contributed by atoms with E-state index >= 15 is 0 Å². The molecule has 0 fully saturated rings. The van der Waals surface area contributed by atoms with Gasteiger partial charge in [0.2, 0.25) is 0 Å². The SMILES string of the molecule is O=C1NCCCc2c1nnn2Nc1ccccc1. The molecule has 6 heteroatoms. The van der Waals surface area contributed by atoms with Gasteiger partial charge in [-0.25, -0.2) is 0 Å². The maximum atomic E-state index is 11.7. The molecule has 1 aliphatic rings. The van der Waals surface area contributed by atoms with Crippen LogP contribution in [0.15, 0.2) is 30.3 Å². The van der Waals surface area contributed by atoms with Crippen LogP contribution in [0.4, 0.5) is 5.69 Å². The van der Waals surface area contributed by atoms with Crippen LogP contribution in [0.5, 0.6) is 0 Å². The van der Waals surface area contributed by atoms with Gasteiger partial charge in [0, 0.05) is 6.54 Å². The Morgan fingerprint density at radius 3 is 2.94 bits per heavy atom. The first-order chi connectivity index (χ1) is 8.84. The summed E-state index contributed by atoms with van der Waals surface area (Å²) in [6, 6.07) is 9.69. The molecule has 2 N–H and O–H groups in total. The molecule has 0 atom stereocenters. The average molecular weight is 243 g/mol. The van der Waals surface area contributed by atoms with Gasteiger partial charge in [-0.3, -0.25) is 10.2 Å². The Hall–Kier alpha value is -2.37. The number of amides is 1. The largest absolute Gasteiger partial charge is 0.351 e. The summed E-state index contributed by atoms with van der Waals surface area (Å²) in [5, 5.41) is 10.7. The van der Waals surface area contributed by atoms with Crippen LogP contribution in [0.2, 0.25) is 0 Å². The number of hydrogen-bond acceptors (Lipinski definition) is 4. The lowest BCUT2D eigenvalue weighted by Crippen LogP contribution is -2.23. The van der Waals surface area contributed by atoms with E-state index in [0.717, 1.165) is 24.2 Å². The van der Waals surface area contributed by atoms with Crippen molar-refractivity contribution in [3.63, 3.8) is 0 Å². The first-order valence-electron chi connectivity index (χ1n) is 5.89. The molecule has 0 bridgehead atoms. The monoisotopic (exact) mass is 243 g/mol. The fourth-order valence-corrected chi connectivity index (χ4v) is 1.97. The zero-order valence-electron chi connectivity index (χ0n) is 9.76. The number of carbonyl (C=O) groups is 1. The molecule has 1 aliphatic heterocycles. The lowest BCUT2D eigenvalue weighted by atomic mass is 10.2. The Labute approximate surface area is 104 Å². The molecule has 2 heterocycles. The van der Waals surface area contributed by atoms with Crippen LogP contribution in [-0.4, -0.2) is 27.6 Å². The van der Waals surface area contributed by atoms with Gasteiger partial charge in [-0.2, -0.15) is 4.79 Å². The van der Waals surface area contributed by atoms with E-state index in [1.807, 2.05) is 30.3 Å². The highest BCUT2D eigenvalue weighted by atomic mass is 16.2. The van der Waals surface area contributed by atoms with E-state index in [0.29, 0.717) is 12.2 Å². The molecule has 0 spiro atoms. The molecule has 92 valence electrons. The molecule has 1 aromatic carbocycles. The zero-order chi connectivity index (χ0) is 12.4. The van der Waals surface area contributed by atoms with Crippen LogP contribution < -0.4 is 10.7 Å². The number of carbonyl (C=O) groups excluding carboxylic acids is 1. The second kappa shape index (κ2) is 4.48. The number of nitrogens with one attached hydrogen (secondary N) is 2. The van der Waals surface area contributed by atoms with Crippen molar-refractivity contribution in [1.82, 2.24) is 20.4 Å². The van der Waals surface area contributed by atoms with E-state index in [1.54, 1.807) is 4.79 Å². The number of para-hydroxylation sites is 1. The maximum Gasteiger partial charge on any atom is 0.273 e. The summed E-state index contributed by atoms with van der Waals surface area (Å²) in [5.41, 5.74) is 5.28. The van der Waals surface area contributed by atoms with Crippen molar-refractivity contribution in [3.05, 3.63) is 41.7 Å². The fraction of sp³-hybridized carbons (Fsp3) is 0.250. The second-order valence-electron chi connectivity index (χ2n) is 4.13. The van der Waals surface area contributed by atoms with Crippen molar-refractivity contribution >= 4 is 11.6 Å². The first-order valence-corrected chi connectivity index (χ1v) is 5.89. The van der Waals surface area contributed by atoms with Crippen LogP contribution in [0.25, 0.3) is 0 Å². The van der Waals surface area contributed by atoms with Gasteiger partial charge in [0.25, 0.3) is 5.91 Å². The van der Waals surface area contributed by atoms with E-state index in [1.165, 1.54) is 0 Å². The smallest absolute Gasteiger partial charge is 0.273 e. The van der Waals surface area contributed by atoms with Crippen molar-refractivity contribution in [1.29, 1.82) is 0 Å². The first kappa shape index (κ1) is 10.8. The molecule has 6 nitrogen and oxygen atoms in total. The minimum atomic E-state index is -0.149. The van der Waals surface area contributed by atoms with Gasteiger partial charge >= 0.3 is 0 Å². The second-order valence-corrected chi connectivity index (χ2v) is 4.13. The number of benzene rings is 1. The normalized spacial score (nSPS) is 14.6. The van der Waals surface area contributed by atoms with Crippen molar-refractivity contribution in [2.45, 2.75) is 12.8 Å². The van der Waals surface area contributed by atoms with E-state index in [9.17, 15) is 4.79 Å². The number of anilines is 1. The summed E-state index contributed by atoms with van der Waals surface area (Å²) in [7, 11) is 0. The molecular formula is C12H13N5O. The quantitative estimate of drug-likeness (QED) is 0.819. The molecule has 1 amide bonds. The standard InChI is InChI=1S/C12H13N5O/c18-12-11-10(7-4-8-13-12)17(16-14-11)15-9-5-2-1-3-6-9/h1-3,5-6,15H,4,7-8H2,(H,13,18). The third-order valence-corrected chi connectivity index (χ3v) is 2.86. The molecule has 0 radical (unpaired) electrons. The summed E-state index contributed by atoms with van der Waals surface area (Å²) in [5.74, 6) is -0.149. The fourth-order valence-electron chi connectivity index (χ4n) is 1.97. The molecule has 0 saturated carbocycles. The molecule has 1 aromatic heterocycles. The zero-order valence-corrected chi connectivity index (χ0v) is 9.76. The highest BCUT2D eigenvalue weighted by Crippen LogP contribution is 2.13. The van der Waals surface area contributed by atoms with Gasteiger partial charge in [-0.15, -0.1) is 5.10 Å². The topological polar surface area (TPSA) is 71.8 Å². The van der Waals surface area contributed by atoms with Gasteiger partial charge in [-0.05, 0) is 30.2 Å². The Morgan fingerprint density at radius 2 is 2.11 bits per heavy atom. The van der Waals surface area contributed by atoms with E-state index in [-0.39, 0.29) is 5.91 Å². The molecule has 3 rings (SSSR count). The Bertz CT molecular complexity index is 563. The minimum absolute atomic E-state index is 0.149. The predicted octanol–water partition coefficient (Wildman–Crippen LogP) is 0.829. The van der Waals surface area contributed by atoms with Crippen molar-refractivity contribution in [2.75, 3.05) is 12.0 Å². The third kappa shape index (κ3) is 1.92. The summed E-state index contributed by atoms with van der Waals surface area (Å²) >= 11 is 0. The van der Waals surface area contributed by atoms with Crippen LogP contribution in [-0.2, 0) is 6.42 Å². The number of nitrogens with zero attached hydrogens (tertiary/aromatic N) is 3. The highest BCUT2D eigenvalue weighted by Gasteiger charge is 2.22. The maximum absolute atomic E-state index is 11.7. The Balaban J connectivity index is 1.92. The molecule has 2 aromatic rings. The van der Waals surface area contributed by atoms with Gasteiger partial charge in [-0.1, -0.05) is 18.2 Å². The van der Waals surface area contributed by atoms with Gasteiger partial charge in [0.1, 0.15) is 0 Å². The predicted molar refractivity (Wildman–Crippen MR) is 66.1 cm³/mol. The van der Waals surface area contributed by atoms with Crippen LogP contribution in [0.3, 0.4) is 0 Å². The van der Waals surface area contributed by atoms with Crippen molar-refractivity contribution < 1.29 is 4.79 Å². The highest BCUT2D eigenvalue weighted by molar-refractivity contribution is 5.93. The Morgan fingerprint density at radius 1 is 1.28 bits per heavy atom. The van der Waals surface area contributed by atoms with Crippen LogP contribution in [0, 0.1) is 0 Å². The van der Waals surface area contributed by atoms with Crippen molar-refractivity contribution in [3.8, 4) is 0 Å². The Kier molecular flexibility index (Phi) is 2.68. The molecule has 0 aliphatic carbocycles. The van der Waals surface area contributed by atoms with E-state index in [4.69, 9.17) is 0 Å². The molecule has 0 saturated heterocycles. The number of aromatic nitrogens is 3. The average Bonchev–Trinajstić information content (AvgIpc) is 2.69. The summed E-state index contributed by atoms with van der Waals surface area (Å²) < 4.78 is 0. The lowest BCUT2D eigenvalue weighted by molar-refractivity contribution is 0.0951. The molecular weight excluding hydrogens is 230 g/mol. The van der Waals surface area contributed by atoms with E-state index < -0.39 is 0 Å². The van der Waals surface area contributed by atoms with Crippen LogP contribution >= 0.6 is 0 Å². The minimum Gasteiger partial charge on any atom is -0.351 e. The molecule has 0 unspecified atom stereocenters. The summed E-state index contributed by atoms with van der Waals surface area (Å²) in [6.45, 7) is 0.681. The van der Waals surface area contributed by atoms with Gasteiger partial charge in [0.15, 0.2) is 5.69 Å². The van der Waals surface area contributed by atoms with Gasteiger partial charge in [0.05, 0.1) is 11.4 Å². The van der Waals surface area contributed by atoms with E-state index in [2.05, 4.69) is 21.1 Å². The molecule has 18 heavy (non-hydrogen) atoms. The lowest BCUT2D eigenvalue weighted by Gasteiger charge is -2.08. The third-order valence-electron chi connectivity index (χ3n) is 2.86. The number of fused-ring (bicyclic) bond motifs is 1. The summed E-state index contributed by atoms with van der Waals surface area (Å²) in [6.07, 6.45) is 1.67. The number of rotatable bonds is 2.